The Balaban J connectivity index is 1.96. The first-order valence-electron chi connectivity index (χ1n) is 6.37. The van der Waals surface area contributed by atoms with E-state index < -0.39 is 0 Å². The van der Waals surface area contributed by atoms with E-state index in [4.69, 9.17) is 0 Å². The molecule has 2 atom stereocenters. The Hall–Kier alpha value is -0.340. The van der Waals surface area contributed by atoms with E-state index in [0.29, 0.717) is 6.04 Å². The molecule has 2 unspecified atom stereocenters. The normalized spacial score (nSPS) is 26.5. The van der Waals surface area contributed by atoms with E-state index in [0.717, 1.165) is 25.8 Å². The Labute approximate surface area is 93.8 Å². The number of unbranched alkanes of at least 4 members (excludes halogenated alkanes) is 3. The third-order valence-electron chi connectivity index (χ3n) is 3.22. The fourth-order valence-corrected chi connectivity index (χ4v) is 2.23. The Morgan fingerprint density at radius 1 is 1.20 bits per heavy atom. The molecule has 2 heteroatoms. The van der Waals surface area contributed by atoms with Gasteiger partial charge in [0.05, 0.1) is 6.10 Å². The van der Waals surface area contributed by atoms with Gasteiger partial charge in [-0.25, -0.2) is 0 Å². The highest BCUT2D eigenvalue weighted by molar-refractivity contribution is 4.80. The minimum absolute atomic E-state index is 0.105. The van der Waals surface area contributed by atoms with Crippen LogP contribution in [0.25, 0.3) is 0 Å². The maximum atomic E-state index is 9.73. The van der Waals surface area contributed by atoms with E-state index in [2.05, 4.69) is 11.9 Å². The fourth-order valence-electron chi connectivity index (χ4n) is 2.23. The minimum Gasteiger partial charge on any atom is -0.392 e. The van der Waals surface area contributed by atoms with Gasteiger partial charge in [-0.3, -0.25) is 0 Å². The van der Waals surface area contributed by atoms with E-state index in [9.17, 15) is 5.11 Å². The van der Waals surface area contributed by atoms with Crippen LogP contribution in [0.5, 0.6) is 0 Å². The predicted molar refractivity (Wildman–Crippen MR) is 64.9 cm³/mol. The molecule has 0 aromatic heterocycles. The molecule has 2 nitrogen and oxygen atoms in total. The van der Waals surface area contributed by atoms with E-state index in [1.54, 1.807) is 0 Å². The van der Waals surface area contributed by atoms with E-state index in [1.807, 2.05) is 6.08 Å². The standard InChI is InChI=1S/C13H25NO/c1-2-3-4-5-8-11-14-12-9-6-7-10-13(12)15/h2,12-15H,1,3-11H2. The van der Waals surface area contributed by atoms with Crippen LogP contribution >= 0.6 is 0 Å². The van der Waals surface area contributed by atoms with E-state index in [-0.39, 0.29) is 6.10 Å². The second kappa shape index (κ2) is 7.89. The summed E-state index contributed by atoms with van der Waals surface area (Å²) in [7, 11) is 0. The lowest BCUT2D eigenvalue weighted by atomic mass is 9.92. The Kier molecular flexibility index (Phi) is 6.69. The molecule has 0 heterocycles. The summed E-state index contributed by atoms with van der Waals surface area (Å²) in [5.41, 5.74) is 0. The van der Waals surface area contributed by atoms with Gasteiger partial charge in [-0.1, -0.05) is 25.3 Å². The smallest absolute Gasteiger partial charge is 0.0693 e. The second-order valence-electron chi connectivity index (χ2n) is 4.55. The zero-order valence-electron chi connectivity index (χ0n) is 9.75. The highest BCUT2D eigenvalue weighted by atomic mass is 16.3. The highest BCUT2D eigenvalue weighted by Gasteiger charge is 2.21. The first kappa shape index (κ1) is 12.7. The lowest BCUT2D eigenvalue weighted by Gasteiger charge is -2.28. The van der Waals surface area contributed by atoms with Gasteiger partial charge in [0, 0.05) is 6.04 Å². The van der Waals surface area contributed by atoms with Crippen molar-refractivity contribution in [2.24, 2.45) is 0 Å². The Morgan fingerprint density at radius 2 is 2.00 bits per heavy atom. The third-order valence-corrected chi connectivity index (χ3v) is 3.22. The Bertz CT molecular complexity index is 170. The summed E-state index contributed by atoms with van der Waals surface area (Å²) >= 11 is 0. The van der Waals surface area contributed by atoms with Crippen molar-refractivity contribution in [3.8, 4) is 0 Å². The van der Waals surface area contributed by atoms with Crippen LogP contribution in [0, 0.1) is 0 Å². The van der Waals surface area contributed by atoms with Crippen LogP contribution < -0.4 is 5.32 Å². The second-order valence-corrected chi connectivity index (χ2v) is 4.55. The molecule has 1 fully saturated rings. The summed E-state index contributed by atoms with van der Waals surface area (Å²) in [4.78, 5) is 0. The molecule has 1 rings (SSSR count). The molecule has 0 amide bonds. The van der Waals surface area contributed by atoms with Crippen molar-refractivity contribution in [2.75, 3.05) is 6.54 Å². The molecule has 0 spiro atoms. The molecular formula is C13H25NO. The van der Waals surface area contributed by atoms with Crippen LogP contribution in [0.4, 0.5) is 0 Å². The molecule has 0 aliphatic heterocycles. The topological polar surface area (TPSA) is 32.3 Å². The van der Waals surface area contributed by atoms with Crippen LogP contribution in [0.1, 0.15) is 51.4 Å². The van der Waals surface area contributed by atoms with Crippen molar-refractivity contribution in [3.63, 3.8) is 0 Å². The van der Waals surface area contributed by atoms with Gasteiger partial charge < -0.3 is 10.4 Å². The van der Waals surface area contributed by atoms with Gasteiger partial charge in [-0.2, -0.15) is 0 Å². The highest BCUT2D eigenvalue weighted by Crippen LogP contribution is 2.18. The quantitative estimate of drug-likeness (QED) is 0.501. The summed E-state index contributed by atoms with van der Waals surface area (Å²) < 4.78 is 0. The maximum absolute atomic E-state index is 9.73. The largest absolute Gasteiger partial charge is 0.392 e. The fraction of sp³-hybridized carbons (Fsp3) is 0.846. The van der Waals surface area contributed by atoms with Gasteiger partial charge >= 0.3 is 0 Å². The molecule has 1 aliphatic carbocycles. The first-order chi connectivity index (χ1) is 7.34. The van der Waals surface area contributed by atoms with Crippen molar-refractivity contribution < 1.29 is 5.11 Å². The summed E-state index contributed by atoms with van der Waals surface area (Å²) in [5.74, 6) is 0. The van der Waals surface area contributed by atoms with Gasteiger partial charge in [0.1, 0.15) is 0 Å². The van der Waals surface area contributed by atoms with Crippen LogP contribution in [-0.2, 0) is 0 Å². The summed E-state index contributed by atoms with van der Waals surface area (Å²) in [6, 6.07) is 0.359. The van der Waals surface area contributed by atoms with E-state index >= 15 is 0 Å². The van der Waals surface area contributed by atoms with Crippen LogP contribution in [0.2, 0.25) is 0 Å². The van der Waals surface area contributed by atoms with E-state index in [1.165, 1.54) is 32.1 Å². The molecule has 1 aliphatic rings. The number of hydrogen-bond donors (Lipinski definition) is 2. The number of nitrogens with one attached hydrogen (secondary N) is 1. The lowest BCUT2D eigenvalue weighted by Crippen LogP contribution is -2.42. The maximum Gasteiger partial charge on any atom is 0.0693 e. The van der Waals surface area contributed by atoms with Crippen LogP contribution in [-0.4, -0.2) is 23.8 Å². The Morgan fingerprint density at radius 3 is 2.73 bits per heavy atom. The van der Waals surface area contributed by atoms with Crippen LogP contribution in [0.3, 0.4) is 0 Å². The molecule has 0 aromatic rings. The van der Waals surface area contributed by atoms with Gasteiger partial charge in [-0.15, -0.1) is 6.58 Å². The van der Waals surface area contributed by atoms with Crippen molar-refractivity contribution in [1.82, 2.24) is 5.32 Å². The number of hydrogen-bond acceptors (Lipinski definition) is 2. The molecule has 15 heavy (non-hydrogen) atoms. The number of aliphatic hydroxyl groups excluding tert-OH is 1. The van der Waals surface area contributed by atoms with Gasteiger partial charge in [-0.05, 0) is 38.6 Å². The van der Waals surface area contributed by atoms with Gasteiger partial charge in [0.2, 0.25) is 0 Å². The van der Waals surface area contributed by atoms with Gasteiger partial charge in [0.15, 0.2) is 0 Å². The number of rotatable bonds is 7. The molecular weight excluding hydrogens is 186 g/mol. The zero-order valence-corrected chi connectivity index (χ0v) is 9.75. The molecule has 2 N–H and O–H groups in total. The van der Waals surface area contributed by atoms with Crippen molar-refractivity contribution in [3.05, 3.63) is 12.7 Å². The number of allylic oxidation sites excluding steroid dienone is 1. The third kappa shape index (κ3) is 5.33. The van der Waals surface area contributed by atoms with Crippen molar-refractivity contribution >= 4 is 0 Å². The first-order valence-corrected chi connectivity index (χ1v) is 6.37. The van der Waals surface area contributed by atoms with Crippen molar-refractivity contribution in [1.29, 1.82) is 0 Å². The lowest BCUT2D eigenvalue weighted by molar-refractivity contribution is 0.0909. The summed E-state index contributed by atoms with van der Waals surface area (Å²) in [6.07, 6.45) is 11.3. The molecule has 0 bridgehead atoms. The van der Waals surface area contributed by atoms with Crippen molar-refractivity contribution in [2.45, 2.75) is 63.5 Å². The van der Waals surface area contributed by atoms with Gasteiger partial charge in [0.25, 0.3) is 0 Å². The average Bonchev–Trinajstić information content (AvgIpc) is 2.25. The van der Waals surface area contributed by atoms with Crippen LogP contribution in [0.15, 0.2) is 12.7 Å². The molecule has 88 valence electrons. The molecule has 0 saturated heterocycles. The predicted octanol–water partition coefficient (Wildman–Crippen LogP) is 2.63. The number of aliphatic hydroxyl groups is 1. The molecule has 0 radical (unpaired) electrons. The summed E-state index contributed by atoms with van der Waals surface area (Å²) in [5, 5.41) is 13.2. The zero-order chi connectivity index (χ0) is 10.9. The summed E-state index contributed by atoms with van der Waals surface area (Å²) in [6.45, 7) is 4.77. The molecule has 0 aromatic carbocycles. The minimum atomic E-state index is -0.105. The SMILES string of the molecule is C=CCCCCCNC1CCCCC1O. The molecule has 1 saturated carbocycles. The monoisotopic (exact) mass is 211 g/mol. The average molecular weight is 211 g/mol.